The Kier molecular flexibility index (Phi) is 4.35. The summed E-state index contributed by atoms with van der Waals surface area (Å²) in [6.07, 6.45) is 0.965. The van der Waals surface area contributed by atoms with Crippen LogP contribution >= 0.6 is 0 Å². The minimum absolute atomic E-state index is 0.0445. The van der Waals surface area contributed by atoms with Crippen molar-refractivity contribution in [3.8, 4) is 0 Å². The van der Waals surface area contributed by atoms with Crippen molar-refractivity contribution in [2.45, 2.75) is 33.2 Å². The maximum absolute atomic E-state index is 12.9. The Bertz CT molecular complexity index is 691. The Labute approximate surface area is 143 Å². The first-order valence-corrected chi connectivity index (χ1v) is 8.51. The Hall–Kier alpha value is -2.30. The Morgan fingerprint density at radius 1 is 1.21 bits per heavy atom. The van der Waals surface area contributed by atoms with Crippen molar-refractivity contribution in [2.24, 2.45) is 5.92 Å². The summed E-state index contributed by atoms with van der Waals surface area (Å²) in [4.78, 5) is 28.7. The third-order valence-corrected chi connectivity index (χ3v) is 4.82. The molecule has 128 valence electrons. The molecule has 0 spiro atoms. The predicted molar refractivity (Wildman–Crippen MR) is 93.3 cm³/mol. The monoisotopic (exact) mass is 327 g/mol. The molecule has 0 aliphatic carbocycles. The summed E-state index contributed by atoms with van der Waals surface area (Å²) in [6.45, 7) is 7.58. The Morgan fingerprint density at radius 2 is 1.88 bits per heavy atom. The lowest BCUT2D eigenvalue weighted by molar-refractivity contribution is -0.125. The molecule has 0 bridgehead atoms. The van der Waals surface area contributed by atoms with Crippen LogP contribution < -0.4 is 5.32 Å². The van der Waals surface area contributed by atoms with Crippen LogP contribution in [0, 0.1) is 12.8 Å². The van der Waals surface area contributed by atoms with Gasteiger partial charge in [0.2, 0.25) is 0 Å². The Balaban J connectivity index is 1.92. The number of hydrogen-bond donors (Lipinski definition) is 1. The number of nitrogens with one attached hydrogen (secondary N) is 1. The molecular formula is C19H25N3O2. The predicted octanol–water partition coefficient (Wildman–Crippen LogP) is 2.83. The number of likely N-dealkylation sites (N-methyl/N-ethyl adjacent to an activating group) is 1. The minimum atomic E-state index is -0.360. The van der Waals surface area contributed by atoms with E-state index in [1.807, 2.05) is 36.1 Å². The zero-order chi connectivity index (χ0) is 17.4. The van der Waals surface area contributed by atoms with Crippen molar-refractivity contribution in [2.75, 3.05) is 20.1 Å². The second kappa shape index (κ2) is 6.30. The average molecular weight is 327 g/mol. The molecule has 5 nitrogen and oxygen atoms in total. The molecule has 2 aliphatic heterocycles. The summed E-state index contributed by atoms with van der Waals surface area (Å²) in [6, 6.07) is 7.48. The van der Waals surface area contributed by atoms with Gasteiger partial charge in [0.15, 0.2) is 0 Å². The molecule has 5 heteroatoms. The number of rotatable bonds is 4. The average Bonchev–Trinajstić information content (AvgIpc) is 2.87. The summed E-state index contributed by atoms with van der Waals surface area (Å²) in [5, 5.41) is 2.97. The van der Waals surface area contributed by atoms with E-state index in [4.69, 9.17) is 0 Å². The molecule has 1 aromatic carbocycles. The lowest BCUT2D eigenvalue weighted by Crippen LogP contribution is -2.45. The van der Waals surface area contributed by atoms with Crippen LogP contribution in [0.2, 0.25) is 0 Å². The first-order chi connectivity index (χ1) is 11.4. The van der Waals surface area contributed by atoms with E-state index >= 15 is 0 Å². The van der Waals surface area contributed by atoms with Gasteiger partial charge in [0, 0.05) is 13.6 Å². The summed E-state index contributed by atoms with van der Waals surface area (Å²) < 4.78 is 0. The van der Waals surface area contributed by atoms with E-state index < -0.39 is 0 Å². The second-order valence-electron chi connectivity index (χ2n) is 7.12. The van der Waals surface area contributed by atoms with E-state index in [1.54, 1.807) is 11.9 Å². The number of hydrogen-bond acceptors (Lipinski definition) is 2. The van der Waals surface area contributed by atoms with Gasteiger partial charge in [-0.15, -0.1) is 0 Å². The highest BCUT2D eigenvalue weighted by Gasteiger charge is 2.42. The second-order valence-corrected chi connectivity index (χ2v) is 7.12. The van der Waals surface area contributed by atoms with Crippen molar-refractivity contribution in [3.05, 3.63) is 46.7 Å². The minimum Gasteiger partial charge on any atom is -0.333 e. The number of nitrogens with zero attached hydrogens (tertiary/aromatic N) is 2. The molecule has 1 aromatic rings. The molecule has 2 heterocycles. The molecule has 3 amide bonds. The quantitative estimate of drug-likeness (QED) is 0.924. The van der Waals surface area contributed by atoms with Crippen molar-refractivity contribution in [1.82, 2.24) is 15.1 Å². The lowest BCUT2D eigenvalue weighted by Gasteiger charge is -2.31. The molecule has 2 aliphatic rings. The molecule has 1 N–H and O–H groups in total. The van der Waals surface area contributed by atoms with Gasteiger partial charge in [-0.1, -0.05) is 43.7 Å². The number of urea groups is 1. The van der Waals surface area contributed by atoms with Crippen LogP contribution in [-0.4, -0.2) is 41.9 Å². The molecule has 0 fully saturated rings. The van der Waals surface area contributed by atoms with Crippen molar-refractivity contribution >= 4 is 11.9 Å². The molecule has 0 radical (unpaired) electrons. The van der Waals surface area contributed by atoms with Gasteiger partial charge in [-0.3, -0.25) is 9.69 Å². The summed E-state index contributed by atoms with van der Waals surface area (Å²) >= 11 is 0. The van der Waals surface area contributed by atoms with Crippen molar-refractivity contribution in [1.29, 1.82) is 0 Å². The maximum atomic E-state index is 12.9. The number of carbonyl (C=O) groups excluding carboxylic acids is 2. The smallest absolute Gasteiger partial charge is 0.322 e. The van der Waals surface area contributed by atoms with Crippen LogP contribution in [0.5, 0.6) is 0 Å². The number of amides is 3. The Morgan fingerprint density at radius 3 is 2.50 bits per heavy atom. The number of aryl methyl sites for hydroxylation is 1. The molecule has 24 heavy (non-hydrogen) atoms. The topological polar surface area (TPSA) is 52.7 Å². The van der Waals surface area contributed by atoms with E-state index in [-0.39, 0.29) is 18.0 Å². The van der Waals surface area contributed by atoms with Gasteiger partial charge >= 0.3 is 6.03 Å². The van der Waals surface area contributed by atoms with Crippen LogP contribution in [-0.2, 0) is 4.79 Å². The first kappa shape index (κ1) is 16.6. The van der Waals surface area contributed by atoms with Crippen LogP contribution in [0.3, 0.4) is 0 Å². The van der Waals surface area contributed by atoms with E-state index in [0.29, 0.717) is 18.0 Å². The van der Waals surface area contributed by atoms with Crippen LogP contribution in [0.1, 0.15) is 37.4 Å². The van der Waals surface area contributed by atoms with E-state index in [1.165, 1.54) is 0 Å². The maximum Gasteiger partial charge on any atom is 0.322 e. The van der Waals surface area contributed by atoms with Gasteiger partial charge in [-0.2, -0.15) is 0 Å². The van der Waals surface area contributed by atoms with Crippen LogP contribution in [0.4, 0.5) is 4.79 Å². The van der Waals surface area contributed by atoms with E-state index in [9.17, 15) is 9.59 Å². The fourth-order valence-electron chi connectivity index (χ4n) is 3.23. The summed E-state index contributed by atoms with van der Waals surface area (Å²) in [5.74, 6) is 0.587. The number of carbonyl (C=O) groups is 2. The molecule has 0 aromatic heterocycles. The van der Waals surface area contributed by atoms with Gasteiger partial charge in [0.05, 0.1) is 23.9 Å². The highest BCUT2D eigenvalue weighted by molar-refractivity contribution is 6.01. The van der Waals surface area contributed by atoms with Crippen LogP contribution in [0.15, 0.2) is 35.5 Å². The van der Waals surface area contributed by atoms with Crippen molar-refractivity contribution in [3.63, 3.8) is 0 Å². The molecule has 3 rings (SSSR count). The molecular weight excluding hydrogens is 302 g/mol. The zero-order valence-corrected chi connectivity index (χ0v) is 14.8. The van der Waals surface area contributed by atoms with Gasteiger partial charge < -0.3 is 10.2 Å². The standard InChI is InChI=1S/C19H25N3O2/c1-12(2)9-10-22-11-15-16(18(22)23)17(20-19(24)21(15)4)14-7-5-13(3)6-8-14/h5-8,12,17H,9-11H2,1-4H3,(H,20,24). The molecule has 1 unspecified atom stereocenters. The first-order valence-electron chi connectivity index (χ1n) is 8.51. The highest BCUT2D eigenvalue weighted by Crippen LogP contribution is 2.35. The fourth-order valence-corrected chi connectivity index (χ4v) is 3.23. The van der Waals surface area contributed by atoms with Gasteiger partial charge in [0.1, 0.15) is 0 Å². The molecule has 1 atom stereocenters. The van der Waals surface area contributed by atoms with Crippen molar-refractivity contribution < 1.29 is 9.59 Å². The van der Waals surface area contributed by atoms with Gasteiger partial charge in [0.25, 0.3) is 5.91 Å². The van der Waals surface area contributed by atoms with Gasteiger partial charge in [-0.25, -0.2) is 4.79 Å². The fraction of sp³-hybridized carbons (Fsp3) is 0.474. The normalized spacial score (nSPS) is 20.8. The summed E-state index contributed by atoms with van der Waals surface area (Å²) in [7, 11) is 1.73. The lowest BCUT2D eigenvalue weighted by atomic mass is 9.95. The largest absolute Gasteiger partial charge is 0.333 e. The molecule has 0 saturated heterocycles. The third-order valence-electron chi connectivity index (χ3n) is 4.82. The third kappa shape index (κ3) is 2.90. The molecule has 0 saturated carbocycles. The highest BCUT2D eigenvalue weighted by atomic mass is 16.2. The summed E-state index contributed by atoms with van der Waals surface area (Å²) in [5.41, 5.74) is 3.65. The van der Waals surface area contributed by atoms with Crippen LogP contribution in [0.25, 0.3) is 0 Å². The van der Waals surface area contributed by atoms with E-state index in [2.05, 4.69) is 19.2 Å². The van der Waals surface area contributed by atoms with Gasteiger partial charge in [-0.05, 0) is 24.8 Å². The SMILES string of the molecule is Cc1ccc(C2NC(=O)N(C)C3=C2C(=O)N(CCC(C)C)C3)cc1. The zero-order valence-electron chi connectivity index (χ0n) is 14.8. The van der Waals surface area contributed by atoms with E-state index in [0.717, 1.165) is 29.8 Å². The number of benzene rings is 1.